The Balaban J connectivity index is 0.000000246. The second-order valence-corrected chi connectivity index (χ2v) is 15.1. The van der Waals surface area contributed by atoms with Gasteiger partial charge < -0.3 is 14.4 Å². The Morgan fingerprint density at radius 2 is 1.57 bits per heavy atom. The number of pyridine rings is 2. The van der Waals surface area contributed by atoms with E-state index in [-0.39, 0.29) is 31.1 Å². The number of aromatic nitrogens is 3. The second-order valence-electron chi connectivity index (χ2n) is 14.0. The van der Waals surface area contributed by atoms with E-state index < -0.39 is 6.85 Å². The zero-order valence-corrected chi connectivity index (χ0v) is 33.0. The summed E-state index contributed by atoms with van der Waals surface area (Å²) in [6.45, 7) is 13.3. The van der Waals surface area contributed by atoms with Crippen LogP contribution >= 0.6 is 11.3 Å². The third-order valence-corrected chi connectivity index (χ3v) is 10.4. The summed E-state index contributed by atoms with van der Waals surface area (Å²) in [5, 5.41) is 3.27. The van der Waals surface area contributed by atoms with Gasteiger partial charge in [0.15, 0.2) is 0 Å². The summed E-state index contributed by atoms with van der Waals surface area (Å²) in [4.78, 5) is 14.1. The van der Waals surface area contributed by atoms with Crippen LogP contribution in [-0.4, -0.2) is 15.0 Å². The molecule has 0 N–H and O–H groups in total. The number of thiazole rings is 1. The molecule has 4 aromatic carbocycles. The van der Waals surface area contributed by atoms with Crippen molar-refractivity contribution in [3.05, 3.63) is 137 Å². The summed E-state index contributed by atoms with van der Waals surface area (Å²) in [7, 11) is 0. The van der Waals surface area contributed by atoms with Crippen molar-refractivity contribution in [1.82, 2.24) is 15.0 Å². The minimum Gasteiger partial charge on any atom is -0.498 e. The minimum atomic E-state index is -2.09. The van der Waals surface area contributed by atoms with Gasteiger partial charge in [-0.2, -0.15) is 0 Å². The average molecular weight is 867 g/mol. The molecule has 0 aliphatic rings. The van der Waals surface area contributed by atoms with Crippen LogP contribution in [0.5, 0.6) is 0 Å². The van der Waals surface area contributed by atoms with E-state index in [1.165, 1.54) is 34.0 Å². The van der Waals surface area contributed by atoms with Crippen LogP contribution in [0, 0.1) is 32.8 Å². The summed E-state index contributed by atoms with van der Waals surface area (Å²) in [5.74, 6) is 0.358. The van der Waals surface area contributed by atoms with Crippen LogP contribution in [-0.2, 0) is 25.5 Å². The van der Waals surface area contributed by atoms with E-state index in [0.717, 1.165) is 59.7 Å². The first kappa shape index (κ1) is 32.4. The van der Waals surface area contributed by atoms with Crippen molar-refractivity contribution in [3.63, 3.8) is 0 Å². The van der Waals surface area contributed by atoms with Gasteiger partial charge in [0.25, 0.3) is 0 Å². The molecule has 4 aromatic heterocycles. The minimum absolute atomic E-state index is 0. The van der Waals surface area contributed by atoms with E-state index in [9.17, 15) is 0 Å². The molecule has 0 spiro atoms. The van der Waals surface area contributed by atoms with Crippen LogP contribution < -0.4 is 0 Å². The van der Waals surface area contributed by atoms with Crippen molar-refractivity contribution in [2.45, 2.75) is 66.7 Å². The number of hydrogen-bond donors (Lipinski definition) is 0. The molecular weight excluding hydrogens is 823 g/mol. The van der Waals surface area contributed by atoms with Crippen molar-refractivity contribution >= 4 is 43.5 Å². The quantitative estimate of drug-likeness (QED) is 0.165. The van der Waals surface area contributed by atoms with Crippen LogP contribution in [0.1, 0.15) is 71.9 Å². The predicted octanol–water partition coefficient (Wildman–Crippen LogP) is 12.6. The summed E-state index contributed by atoms with van der Waals surface area (Å²) in [5.41, 5.74) is 12.5. The van der Waals surface area contributed by atoms with Gasteiger partial charge in [0.05, 0.1) is 15.3 Å². The Morgan fingerprint density at radius 1 is 0.804 bits per heavy atom. The number of furan rings is 1. The molecule has 0 aliphatic heterocycles. The fourth-order valence-corrected chi connectivity index (χ4v) is 7.35. The van der Waals surface area contributed by atoms with E-state index in [1.54, 1.807) is 29.5 Å². The summed E-state index contributed by atoms with van der Waals surface area (Å²) in [6.07, 6.45) is 3.42. The van der Waals surface area contributed by atoms with Gasteiger partial charge in [0.1, 0.15) is 11.1 Å². The van der Waals surface area contributed by atoms with Gasteiger partial charge in [-0.1, -0.05) is 88.0 Å². The first-order chi connectivity index (χ1) is 25.2. The molecule has 0 unspecified atom stereocenters. The van der Waals surface area contributed by atoms with Crippen LogP contribution in [0.25, 0.3) is 65.8 Å². The summed E-state index contributed by atoms with van der Waals surface area (Å²) in [6, 6.07) is 34.3. The van der Waals surface area contributed by atoms with Crippen LogP contribution in [0.4, 0.5) is 0 Å². The molecule has 0 saturated heterocycles. The molecule has 0 saturated carbocycles. The molecule has 51 heavy (non-hydrogen) atoms. The fraction of sp³-hybridized carbons (Fsp3) is 0.222. The maximum absolute atomic E-state index is 7.23. The number of benzene rings is 4. The van der Waals surface area contributed by atoms with Gasteiger partial charge in [0.2, 0.25) is 0 Å². The number of aryl methyl sites for hydroxylation is 3. The zero-order valence-electron chi connectivity index (χ0n) is 32.8. The molecule has 1 radical (unpaired) electrons. The van der Waals surface area contributed by atoms with Gasteiger partial charge in [0, 0.05) is 47.4 Å². The molecule has 8 aromatic rings. The third-order valence-electron chi connectivity index (χ3n) is 8.91. The van der Waals surface area contributed by atoms with Crippen molar-refractivity contribution in [1.29, 1.82) is 0 Å². The largest absolute Gasteiger partial charge is 0.498 e. The Bertz CT molecular complexity index is 2570. The molecule has 0 fully saturated rings. The second kappa shape index (κ2) is 14.6. The van der Waals surface area contributed by atoms with E-state index in [1.807, 2.05) is 30.5 Å². The van der Waals surface area contributed by atoms with E-state index in [0.29, 0.717) is 5.92 Å². The van der Waals surface area contributed by atoms with Gasteiger partial charge in [-0.05, 0) is 77.5 Å². The normalized spacial score (nSPS) is 12.7. The van der Waals surface area contributed by atoms with Crippen molar-refractivity contribution in [3.8, 4) is 33.6 Å². The SMILES string of the molecule is Cc1cccc(C)c1-c1cc(-c2[c-]ccc3c2oc2c3ccc3sc(C(C)(C)C)nc32)ncc1C(C)C.[2H]C([2H])([2H])c1ccc(-c2[c-]cccc2)nc1.[Ir]. The standard InChI is InChI=1S/C33H31N2OS.C12H10N.Ir/c1-18(2)25-17-34-26(16-24(25)28-19(3)10-8-11-20(28)4)23-13-9-12-21-22-14-15-27-29(31(22)36-30(21)23)35-32(37-27)33(5,6)7;1-10-7-8-12(13-9-10)11-5-3-2-4-6-11;/h8-12,14-18H,1-7H3;2-5,7-9H,1H3;/q2*-1;/i;1D3;. The smallest absolute Gasteiger partial charge is 0.148 e. The fourth-order valence-electron chi connectivity index (χ4n) is 6.33. The molecule has 0 amide bonds. The molecule has 259 valence electrons. The van der Waals surface area contributed by atoms with Crippen LogP contribution in [0.15, 0.2) is 102 Å². The molecule has 4 nitrogen and oxygen atoms in total. The summed E-state index contributed by atoms with van der Waals surface area (Å²) < 4.78 is 29.5. The number of rotatable bonds is 4. The predicted molar refractivity (Wildman–Crippen MR) is 210 cm³/mol. The molecule has 8 rings (SSSR count). The van der Waals surface area contributed by atoms with Gasteiger partial charge in [-0.15, -0.1) is 65.4 Å². The van der Waals surface area contributed by atoms with Gasteiger partial charge in [-0.3, -0.25) is 0 Å². The first-order valence-corrected chi connectivity index (χ1v) is 17.7. The summed E-state index contributed by atoms with van der Waals surface area (Å²) >= 11 is 1.74. The molecule has 6 heteroatoms. The average Bonchev–Trinajstić information content (AvgIpc) is 3.74. The monoisotopic (exact) mass is 867 g/mol. The topological polar surface area (TPSA) is 51.8 Å². The molecule has 0 atom stereocenters. The number of hydrogen-bond acceptors (Lipinski definition) is 5. The van der Waals surface area contributed by atoms with Crippen molar-refractivity contribution in [2.24, 2.45) is 0 Å². The Labute approximate surface area is 322 Å². The Hall–Kier alpha value is -4.48. The van der Waals surface area contributed by atoms with E-state index >= 15 is 0 Å². The van der Waals surface area contributed by atoms with Gasteiger partial charge >= 0.3 is 0 Å². The van der Waals surface area contributed by atoms with E-state index in [4.69, 9.17) is 18.5 Å². The van der Waals surface area contributed by atoms with Crippen molar-refractivity contribution < 1.29 is 28.6 Å². The number of fused-ring (bicyclic) bond motifs is 5. The van der Waals surface area contributed by atoms with Crippen molar-refractivity contribution in [2.75, 3.05) is 0 Å². The number of nitrogens with zero attached hydrogens (tertiary/aromatic N) is 3. The third kappa shape index (κ3) is 7.19. The Kier molecular flexibility index (Phi) is 9.30. The Morgan fingerprint density at radius 3 is 2.24 bits per heavy atom. The van der Waals surface area contributed by atoms with Crippen LogP contribution in [0.2, 0.25) is 0 Å². The molecule has 4 heterocycles. The molecule has 0 bridgehead atoms. The maximum Gasteiger partial charge on any atom is 0.148 e. The van der Waals surface area contributed by atoms with Gasteiger partial charge in [-0.25, -0.2) is 4.98 Å². The van der Waals surface area contributed by atoms with Crippen LogP contribution in [0.3, 0.4) is 0 Å². The first-order valence-electron chi connectivity index (χ1n) is 18.4. The maximum atomic E-state index is 7.23. The zero-order chi connectivity index (χ0) is 37.7. The van der Waals surface area contributed by atoms with E-state index in [2.05, 4.69) is 108 Å². The molecular formula is C45H41IrN3OS-2. The molecule has 0 aliphatic carbocycles.